The molecule has 2 aromatic rings. The molecule has 0 aliphatic carbocycles. The standard InChI is InChI=1S/C21H25Cl2N3O2/c1-15(19-8-3-16(22)13-20(19)23)24-21(27)14-25-9-11-26(12-10-25)17-4-6-18(28-2)7-5-17/h3-8,13,15H,9-12,14H2,1-2H3,(H,24,27)/t15-/m0/s1. The first-order chi connectivity index (χ1) is 13.5. The van der Waals surface area contributed by atoms with Crippen LogP contribution in [0.4, 0.5) is 5.69 Å². The quantitative estimate of drug-likeness (QED) is 0.765. The van der Waals surface area contributed by atoms with Crippen molar-refractivity contribution in [3.05, 3.63) is 58.1 Å². The van der Waals surface area contributed by atoms with Gasteiger partial charge in [0.15, 0.2) is 0 Å². The predicted octanol–water partition coefficient (Wildman–Crippen LogP) is 4.00. The largest absolute Gasteiger partial charge is 0.497 e. The highest BCUT2D eigenvalue weighted by Gasteiger charge is 2.20. The number of nitrogens with zero attached hydrogens (tertiary/aromatic N) is 2. The van der Waals surface area contributed by atoms with Crippen molar-refractivity contribution in [1.82, 2.24) is 10.2 Å². The zero-order chi connectivity index (χ0) is 20.1. The van der Waals surface area contributed by atoms with E-state index >= 15 is 0 Å². The lowest BCUT2D eigenvalue weighted by Gasteiger charge is -2.36. The summed E-state index contributed by atoms with van der Waals surface area (Å²) in [5.41, 5.74) is 2.04. The van der Waals surface area contributed by atoms with Crippen molar-refractivity contribution in [2.45, 2.75) is 13.0 Å². The third kappa shape index (κ3) is 5.31. The van der Waals surface area contributed by atoms with E-state index in [1.165, 1.54) is 5.69 Å². The van der Waals surface area contributed by atoms with Crippen LogP contribution in [0.2, 0.25) is 10.0 Å². The molecule has 1 saturated heterocycles. The van der Waals surface area contributed by atoms with Crippen LogP contribution in [0.25, 0.3) is 0 Å². The summed E-state index contributed by atoms with van der Waals surface area (Å²) in [7, 11) is 1.67. The third-order valence-electron chi connectivity index (χ3n) is 4.98. The van der Waals surface area contributed by atoms with Gasteiger partial charge in [-0.05, 0) is 48.9 Å². The number of ether oxygens (including phenoxy) is 1. The molecule has 0 radical (unpaired) electrons. The molecular weight excluding hydrogens is 397 g/mol. The number of nitrogens with one attached hydrogen (secondary N) is 1. The van der Waals surface area contributed by atoms with E-state index in [0.717, 1.165) is 37.5 Å². The average Bonchev–Trinajstić information content (AvgIpc) is 2.68. The number of hydrogen-bond acceptors (Lipinski definition) is 4. The summed E-state index contributed by atoms with van der Waals surface area (Å²) in [6.45, 7) is 5.77. The Labute approximate surface area is 176 Å². The van der Waals surface area contributed by atoms with Crippen LogP contribution in [-0.2, 0) is 4.79 Å². The molecule has 0 aromatic heterocycles. The molecule has 28 heavy (non-hydrogen) atoms. The lowest BCUT2D eigenvalue weighted by molar-refractivity contribution is -0.123. The molecule has 150 valence electrons. The maximum atomic E-state index is 12.4. The van der Waals surface area contributed by atoms with Crippen LogP contribution in [0.5, 0.6) is 5.75 Å². The number of piperazine rings is 1. The van der Waals surface area contributed by atoms with E-state index < -0.39 is 0 Å². The van der Waals surface area contributed by atoms with Gasteiger partial charge >= 0.3 is 0 Å². The van der Waals surface area contributed by atoms with Gasteiger partial charge in [-0.25, -0.2) is 0 Å². The number of carbonyl (C=O) groups excluding carboxylic acids is 1. The normalized spacial score (nSPS) is 15.9. The molecule has 1 fully saturated rings. The van der Waals surface area contributed by atoms with Crippen molar-refractivity contribution in [2.24, 2.45) is 0 Å². The second-order valence-electron chi connectivity index (χ2n) is 6.92. The van der Waals surface area contributed by atoms with E-state index in [1.54, 1.807) is 19.2 Å². The fraction of sp³-hybridized carbons (Fsp3) is 0.381. The molecule has 0 unspecified atom stereocenters. The number of halogens is 2. The summed E-state index contributed by atoms with van der Waals surface area (Å²) in [5, 5.41) is 4.17. The van der Waals surface area contributed by atoms with Gasteiger partial charge in [0.2, 0.25) is 5.91 Å². The summed E-state index contributed by atoms with van der Waals surface area (Å²) in [6, 6.07) is 13.2. The Hall–Kier alpha value is -1.95. The lowest BCUT2D eigenvalue weighted by Crippen LogP contribution is -2.49. The highest BCUT2D eigenvalue weighted by Crippen LogP contribution is 2.26. The van der Waals surface area contributed by atoms with Gasteiger partial charge in [-0.1, -0.05) is 29.3 Å². The van der Waals surface area contributed by atoms with Crippen molar-refractivity contribution in [2.75, 3.05) is 44.7 Å². The average molecular weight is 422 g/mol. The smallest absolute Gasteiger partial charge is 0.234 e. The van der Waals surface area contributed by atoms with Crippen molar-refractivity contribution < 1.29 is 9.53 Å². The second-order valence-corrected chi connectivity index (χ2v) is 7.76. The topological polar surface area (TPSA) is 44.8 Å². The zero-order valence-electron chi connectivity index (χ0n) is 16.1. The Morgan fingerprint density at radius 1 is 1.11 bits per heavy atom. The van der Waals surface area contributed by atoms with Crippen LogP contribution < -0.4 is 15.0 Å². The van der Waals surface area contributed by atoms with Gasteiger partial charge in [0.1, 0.15) is 5.75 Å². The summed E-state index contributed by atoms with van der Waals surface area (Å²) < 4.78 is 5.21. The highest BCUT2D eigenvalue weighted by atomic mass is 35.5. The van der Waals surface area contributed by atoms with Crippen LogP contribution in [0.3, 0.4) is 0 Å². The Morgan fingerprint density at radius 3 is 2.39 bits per heavy atom. The minimum Gasteiger partial charge on any atom is -0.497 e. The maximum Gasteiger partial charge on any atom is 0.234 e. The first kappa shape index (κ1) is 20.8. The minimum absolute atomic E-state index is 0.00332. The number of carbonyl (C=O) groups is 1. The van der Waals surface area contributed by atoms with Crippen LogP contribution >= 0.6 is 23.2 Å². The summed E-state index contributed by atoms with van der Waals surface area (Å²) in [5.74, 6) is 0.852. The van der Waals surface area contributed by atoms with Gasteiger partial charge in [0.25, 0.3) is 0 Å². The minimum atomic E-state index is -0.169. The molecule has 5 nitrogen and oxygen atoms in total. The zero-order valence-corrected chi connectivity index (χ0v) is 17.6. The highest BCUT2D eigenvalue weighted by molar-refractivity contribution is 6.35. The molecule has 1 atom stereocenters. The Morgan fingerprint density at radius 2 is 1.79 bits per heavy atom. The third-order valence-corrected chi connectivity index (χ3v) is 5.55. The molecule has 1 amide bonds. The Kier molecular flexibility index (Phi) is 7.05. The molecule has 0 bridgehead atoms. The molecule has 1 heterocycles. The van der Waals surface area contributed by atoms with Gasteiger partial charge in [0.05, 0.1) is 19.7 Å². The van der Waals surface area contributed by atoms with Crippen molar-refractivity contribution in [1.29, 1.82) is 0 Å². The van der Waals surface area contributed by atoms with Gasteiger partial charge < -0.3 is 15.0 Å². The van der Waals surface area contributed by atoms with Crippen LogP contribution in [0, 0.1) is 0 Å². The van der Waals surface area contributed by atoms with E-state index in [2.05, 4.69) is 27.2 Å². The molecular formula is C21H25Cl2N3O2. The summed E-state index contributed by atoms with van der Waals surface area (Å²) in [4.78, 5) is 16.9. The van der Waals surface area contributed by atoms with Gasteiger partial charge in [-0.15, -0.1) is 0 Å². The molecule has 0 spiro atoms. The predicted molar refractivity (Wildman–Crippen MR) is 115 cm³/mol. The molecule has 7 heteroatoms. The van der Waals surface area contributed by atoms with E-state index in [4.69, 9.17) is 27.9 Å². The number of benzene rings is 2. The van der Waals surface area contributed by atoms with E-state index in [1.807, 2.05) is 25.1 Å². The van der Waals surface area contributed by atoms with Crippen molar-refractivity contribution >= 4 is 34.8 Å². The molecule has 2 aromatic carbocycles. The van der Waals surface area contributed by atoms with Crippen LogP contribution in [0.15, 0.2) is 42.5 Å². The van der Waals surface area contributed by atoms with Gasteiger partial charge in [-0.3, -0.25) is 9.69 Å². The number of anilines is 1. The van der Waals surface area contributed by atoms with Crippen molar-refractivity contribution in [3.8, 4) is 5.75 Å². The van der Waals surface area contributed by atoms with Gasteiger partial charge in [0, 0.05) is 41.9 Å². The number of amides is 1. The van der Waals surface area contributed by atoms with E-state index in [9.17, 15) is 4.79 Å². The van der Waals surface area contributed by atoms with E-state index in [-0.39, 0.29) is 11.9 Å². The Balaban J connectivity index is 1.47. The van der Waals surface area contributed by atoms with E-state index in [0.29, 0.717) is 16.6 Å². The van der Waals surface area contributed by atoms with Crippen LogP contribution in [-0.4, -0.2) is 50.6 Å². The first-order valence-electron chi connectivity index (χ1n) is 9.32. The summed E-state index contributed by atoms with van der Waals surface area (Å²) in [6.07, 6.45) is 0. The molecule has 1 aliphatic rings. The SMILES string of the molecule is COc1ccc(N2CCN(CC(=O)N[C@@H](C)c3ccc(Cl)cc3Cl)CC2)cc1. The monoisotopic (exact) mass is 421 g/mol. The fourth-order valence-electron chi connectivity index (χ4n) is 3.38. The number of methoxy groups -OCH3 is 1. The molecule has 3 rings (SSSR count). The van der Waals surface area contributed by atoms with Crippen molar-refractivity contribution in [3.63, 3.8) is 0 Å². The van der Waals surface area contributed by atoms with Gasteiger partial charge in [-0.2, -0.15) is 0 Å². The lowest BCUT2D eigenvalue weighted by atomic mass is 10.1. The Bertz CT molecular complexity index is 806. The summed E-state index contributed by atoms with van der Waals surface area (Å²) >= 11 is 12.2. The maximum absolute atomic E-state index is 12.4. The molecule has 1 N–H and O–H groups in total. The second kappa shape index (κ2) is 9.50. The van der Waals surface area contributed by atoms with Crippen LogP contribution in [0.1, 0.15) is 18.5 Å². The first-order valence-corrected chi connectivity index (χ1v) is 10.1. The molecule has 1 aliphatic heterocycles. The molecule has 0 saturated carbocycles. The number of rotatable bonds is 6. The fourth-order valence-corrected chi connectivity index (χ4v) is 3.95. The number of hydrogen-bond donors (Lipinski definition) is 1.